The lowest BCUT2D eigenvalue weighted by molar-refractivity contribution is -0.130. The molecule has 1 aliphatic heterocycles. The SMILES string of the molecule is CC1OCC(=O)C1(C)NC(=O)C(CSCc1ccccc1)NC(=O)c1ccoc1. The highest BCUT2D eigenvalue weighted by Crippen LogP contribution is 2.22. The number of benzene rings is 1. The third kappa shape index (κ3) is 5.07. The number of ketones is 1. The van der Waals surface area contributed by atoms with E-state index in [9.17, 15) is 14.4 Å². The van der Waals surface area contributed by atoms with Gasteiger partial charge < -0.3 is 19.8 Å². The van der Waals surface area contributed by atoms with Crippen molar-refractivity contribution >= 4 is 29.4 Å². The Hall–Kier alpha value is -2.58. The lowest BCUT2D eigenvalue weighted by atomic mass is 9.93. The number of thioether (sulfide) groups is 1. The minimum Gasteiger partial charge on any atom is -0.472 e. The second kappa shape index (κ2) is 9.28. The van der Waals surface area contributed by atoms with E-state index in [-0.39, 0.29) is 12.4 Å². The molecule has 2 aromatic rings. The van der Waals surface area contributed by atoms with E-state index in [0.717, 1.165) is 5.56 Å². The molecule has 29 heavy (non-hydrogen) atoms. The molecule has 1 saturated heterocycles. The first kappa shape index (κ1) is 21.1. The predicted octanol–water partition coefficient (Wildman–Crippen LogP) is 2.17. The summed E-state index contributed by atoms with van der Waals surface area (Å²) in [5, 5.41) is 5.53. The van der Waals surface area contributed by atoms with Crippen molar-refractivity contribution < 1.29 is 23.5 Å². The van der Waals surface area contributed by atoms with E-state index in [1.807, 2.05) is 30.3 Å². The van der Waals surface area contributed by atoms with Gasteiger partial charge in [0.25, 0.3) is 5.91 Å². The summed E-state index contributed by atoms with van der Waals surface area (Å²) >= 11 is 1.53. The molecule has 0 aliphatic carbocycles. The van der Waals surface area contributed by atoms with E-state index in [0.29, 0.717) is 17.1 Å². The molecule has 0 saturated carbocycles. The molecule has 3 unspecified atom stereocenters. The molecule has 3 atom stereocenters. The van der Waals surface area contributed by atoms with Gasteiger partial charge in [-0.2, -0.15) is 11.8 Å². The number of carbonyl (C=O) groups is 3. The molecule has 1 aromatic heterocycles. The molecule has 2 amide bonds. The highest BCUT2D eigenvalue weighted by molar-refractivity contribution is 7.98. The summed E-state index contributed by atoms with van der Waals surface area (Å²) in [6, 6.07) is 10.6. The summed E-state index contributed by atoms with van der Waals surface area (Å²) in [4.78, 5) is 37.6. The third-order valence-electron chi connectivity index (χ3n) is 5.04. The van der Waals surface area contributed by atoms with E-state index in [1.165, 1.54) is 30.4 Å². The topological polar surface area (TPSA) is 97.6 Å². The number of Topliss-reactive ketones (excluding diaryl/α,β-unsaturated/α-hetero) is 1. The normalized spacial score (nSPS) is 22.3. The second-order valence-corrected chi connectivity index (χ2v) is 8.14. The van der Waals surface area contributed by atoms with Crippen LogP contribution in [0.2, 0.25) is 0 Å². The molecule has 8 heteroatoms. The van der Waals surface area contributed by atoms with Crippen LogP contribution in [0.5, 0.6) is 0 Å². The van der Waals surface area contributed by atoms with Gasteiger partial charge in [0, 0.05) is 11.5 Å². The molecule has 2 N–H and O–H groups in total. The fourth-order valence-electron chi connectivity index (χ4n) is 2.95. The van der Waals surface area contributed by atoms with E-state index < -0.39 is 29.5 Å². The van der Waals surface area contributed by atoms with Crippen LogP contribution in [0.15, 0.2) is 53.3 Å². The van der Waals surface area contributed by atoms with Gasteiger partial charge in [-0.3, -0.25) is 14.4 Å². The monoisotopic (exact) mass is 416 g/mol. The van der Waals surface area contributed by atoms with Crippen LogP contribution in [-0.2, 0) is 20.1 Å². The summed E-state index contributed by atoms with van der Waals surface area (Å²) in [6.07, 6.45) is 2.27. The van der Waals surface area contributed by atoms with Crippen molar-refractivity contribution in [1.29, 1.82) is 0 Å². The standard InChI is InChI=1S/C21H24N2O5S/c1-14-21(2,18(24)11-28-14)23-20(26)17(22-19(25)16-8-9-27-10-16)13-29-12-15-6-4-3-5-7-15/h3-10,14,17H,11-13H2,1-2H3,(H,22,25)(H,23,26). The van der Waals surface area contributed by atoms with Crippen LogP contribution < -0.4 is 10.6 Å². The summed E-state index contributed by atoms with van der Waals surface area (Å²) in [5.74, 6) is 0.0309. The van der Waals surface area contributed by atoms with Gasteiger partial charge in [-0.1, -0.05) is 30.3 Å². The van der Waals surface area contributed by atoms with Crippen molar-refractivity contribution in [2.75, 3.05) is 12.4 Å². The zero-order valence-corrected chi connectivity index (χ0v) is 17.2. The molecule has 0 bridgehead atoms. The predicted molar refractivity (Wildman–Crippen MR) is 110 cm³/mol. The zero-order valence-electron chi connectivity index (χ0n) is 16.3. The first-order chi connectivity index (χ1) is 13.9. The van der Waals surface area contributed by atoms with Gasteiger partial charge in [0.05, 0.1) is 17.9 Å². The molecule has 2 heterocycles. The fourth-order valence-corrected chi connectivity index (χ4v) is 3.96. The Balaban J connectivity index is 1.68. The Labute approximate surface area is 173 Å². The van der Waals surface area contributed by atoms with Gasteiger partial charge in [-0.15, -0.1) is 0 Å². The Kier molecular flexibility index (Phi) is 6.76. The van der Waals surface area contributed by atoms with E-state index in [2.05, 4.69) is 10.6 Å². The highest BCUT2D eigenvalue weighted by Gasteiger charge is 2.47. The first-order valence-corrected chi connectivity index (χ1v) is 10.5. The van der Waals surface area contributed by atoms with Crippen molar-refractivity contribution in [3.05, 3.63) is 60.1 Å². The number of ether oxygens (including phenoxy) is 1. The molecule has 3 rings (SSSR count). The van der Waals surface area contributed by atoms with Gasteiger partial charge in [0.2, 0.25) is 5.91 Å². The summed E-state index contributed by atoms with van der Waals surface area (Å²) in [7, 11) is 0. The Bertz CT molecular complexity index is 855. The maximum Gasteiger partial charge on any atom is 0.255 e. The number of hydrogen-bond donors (Lipinski definition) is 2. The maximum absolute atomic E-state index is 13.0. The molecule has 0 radical (unpaired) electrons. The van der Waals surface area contributed by atoms with Crippen LogP contribution in [0.1, 0.15) is 29.8 Å². The smallest absolute Gasteiger partial charge is 0.255 e. The zero-order chi connectivity index (χ0) is 20.9. The number of rotatable bonds is 8. The summed E-state index contributed by atoms with van der Waals surface area (Å²) in [6.45, 7) is 3.36. The van der Waals surface area contributed by atoms with E-state index in [1.54, 1.807) is 13.8 Å². The molecule has 1 fully saturated rings. The van der Waals surface area contributed by atoms with E-state index >= 15 is 0 Å². The number of hydrogen-bond acceptors (Lipinski definition) is 6. The van der Waals surface area contributed by atoms with Gasteiger partial charge in [0.15, 0.2) is 5.78 Å². The van der Waals surface area contributed by atoms with Crippen molar-refractivity contribution in [3.8, 4) is 0 Å². The van der Waals surface area contributed by atoms with Gasteiger partial charge in [-0.25, -0.2) is 0 Å². The Morgan fingerprint density at radius 3 is 2.66 bits per heavy atom. The number of carbonyl (C=O) groups excluding carboxylic acids is 3. The third-order valence-corrected chi connectivity index (χ3v) is 6.15. The second-order valence-electron chi connectivity index (χ2n) is 7.11. The van der Waals surface area contributed by atoms with Crippen molar-refractivity contribution in [1.82, 2.24) is 10.6 Å². The van der Waals surface area contributed by atoms with Gasteiger partial charge in [0.1, 0.15) is 24.5 Å². The summed E-state index contributed by atoms with van der Waals surface area (Å²) < 4.78 is 10.3. The Morgan fingerprint density at radius 1 is 1.28 bits per heavy atom. The van der Waals surface area contributed by atoms with Crippen LogP contribution in [0.25, 0.3) is 0 Å². The van der Waals surface area contributed by atoms with Crippen molar-refractivity contribution in [2.24, 2.45) is 0 Å². The average molecular weight is 416 g/mol. The van der Waals surface area contributed by atoms with Crippen LogP contribution in [0.3, 0.4) is 0 Å². The lowest BCUT2D eigenvalue weighted by Crippen LogP contribution is -2.60. The largest absolute Gasteiger partial charge is 0.472 e. The van der Waals surface area contributed by atoms with Crippen molar-refractivity contribution in [3.63, 3.8) is 0 Å². The fraction of sp³-hybridized carbons (Fsp3) is 0.381. The van der Waals surface area contributed by atoms with E-state index in [4.69, 9.17) is 9.15 Å². The first-order valence-electron chi connectivity index (χ1n) is 9.32. The molecular formula is C21H24N2O5S. The summed E-state index contributed by atoms with van der Waals surface area (Å²) in [5.41, 5.74) is 0.341. The molecule has 7 nitrogen and oxygen atoms in total. The lowest BCUT2D eigenvalue weighted by Gasteiger charge is -2.29. The Morgan fingerprint density at radius 2 is 2.03 bits per heavy atom. The minimum absolute atomic E-state index is 0.0350. The molecular weight excluding hydrogens is 392 g/mol. The maximum atomic E-state index is 13.0. The van der Waals surface area contributed by atoms with Crippen LogP contribution in [0.4, 0.5) is 0 Å². The van der Waals surface area contributed by atoms with Gasteiger partial charge in [-0.05, 0) is 25.5 Å². The average Bonchev–Trinajstić information content (AvgIpc) is 3.33. The van der Waals surface area contributed by atoms with Crippen LogP contribution in [-0.4, -0.2) is 47.6 Å². The van der Waals surface area contributed by atoms with Crippen LogP contribution in [0, 0.1) is 0 Å². The quantitative estimate of drug-likeness (QED) is 0.685. The highest BCUT2D eigenvalue weighted by atomic mass is 32.2. The van der Waals surface area contributed by atoms with Gasteiger partial charge >= 0.3 is 0 Å². The molecule has 1 aliphatic rings. The number of nitrogens with one attached hydrogen (secondary N) is 2. The molecule has 1 aromatic carbocycles. The van der Waals surface area contributed by atoms with Crippen LogP contribution >= 0.6 is 11.8 Å². The van der Waals surface area contributed by atoms with Crippen molar-refractivity contribution in [2.45, 2.75) is 37.3 Å². The number of furan rings is 1. The number of amides is 2. The molecule has 0 spiro atoms. The minimum atomic E-state index is -1.11. The molecule has 154 valence electrons.